The van der Waals surface area contributed by atoms with Crippen molar-refractivity contribution in [3.05, 3.63) is 35.7 Å². The van der Waals surface area contributed by atoms with E-state index in [1.165, 1.54) is 5.56 Å². The number of aromatic nitrogens is 2. The van der Waals surface area contributed by atoms with E-state index in [1.807, 2.05) is 31.2 Å². The number of nitrogens with zero attached hydrogens (tertiary/aromatic N) is 3. The molecule has 1 N–H and O–H groups in total. The average molecular weight is 301 g/mol. The second-order valence-corrected chi connectivity index (χ2v) is 5.77. The molecule has 0 spiro atoms. The minimum absolute atomic E-state index is 0.220. The minimum atomic E-state index is -0.695. The molecular weight excluding hydrogens is 282 g/mol. The number of likely N-dealkylation sites (tertiary alicyclic amines) is 1. The van der Waals surface area contributed by atoms with Gasteiger partial charge in [0.1, 0.15) is 0 Å². The summed E-state index contributed by atoms with van der Waals surface area (Å²) in [6.07, 6.45) is 1.35. The highest BCUT2D eigenvalue weighted by Gasteiger charge is 2.25. The van der Waals surface area contributed by atoms with Gasteiger partial charge in [-0.25, -0.2) is 0 Å². The molecule has 1 fully saturated rings. The van der Waals surface area contributed by atoms with Gasteiger partial charge in [-0.1, -0.05) is 35.0 Å². The van der Waals surface area contributed by atoms with Crippen LogP contribution in [0.5, 0.6) is 0 Å². The van der Waals surface area contributed by atoms with Gasteiger partial charge in [-0.15, -0.1) is 0 Å². The molecule has 0 aliphatic carbocycles. The third-order valence-electron chi connectivity index (χ3n) is 4.07. The zero-order valence-electron chi connectivity index (χ0n) is 12.5. The largest absolute Gasteiger partial charge is 0.481 e. The van der Waals surface area contributed by atoms with E-state index in [4.69, 9.17) is 9.63 Å². The molecular formula is C16H19N3O3. The molecule has 0 saturated carbocycles. The summed E-state index contributed by atoms with van der Waals surface area (Å²) in [6.45, 7) is 4.11. The molecule has 1 aromatic heterocycles. The van der Waals surface area contributed by atoms with Crippen molar-refractivity contribution in [2.75, 3.05) is 13.1 Å². The highest BCUT2D eigenvalue weighted by molar-refractivity contribution is 5.70. The van der Waals surface area contributed by atoms with Crippen molar-refractivity contribution in [2.45, 2.75) is 26.3 Å². The van der Waals surface area contributed by atoms with Crippen molar-refractivity contribution in [1.29, 1.82) is 0 Å². The predicted octanol–water partition coefficient (Wildman–Crippen LogP) is 2.34. The highest BCUT2D eigenvalue weighted by Crippen LogP contribution is 2.20. The second kappa shape index (κ2) is 6.27. The fourth-order valence-corrected chi connectivity index (χ4v) is 2.67. The number of hydrogen-bond acceptors (Lipinski definition) is 5. The third kappa shape index (κ3) is 3.33. The number of carboxylic acid groups (broad SMARTS) is 1. The van der Waals surface area contributed by atoms with Gasteiger partial charge in [0.25, 0.3) is 0 Å². The van der Waals surface area contributed by atoms with E-state index in [9.17, 15) is 4.79 Å². The molecule has 22 heavy (non-hydrogen) atoms. The Bertz CT molecular complexity index is 643. The van der Waals surface area contributed by atoms with Crippen molar-refractivity contribution in [2.24, 2.45) is 5.92 Å². The highest BCUT2D eigenvalue weighted by atomic mass is 16.5. The van der Waals surface area contributed by atoms with Gasteiger partial charge >= 0.3 is 5.97 Å². The zero-order chi connectivity index (χ0) is 15.5. The van der Waals surface area contributed by atoms with E-state index >= 15 is 0 Å². The molecule has 0 unspecified atom stereocenters. The van der Waals surface area contributed by atoms with E-state index in [0.717, 1.165) is 18.7 Å². The molecule has 2 aromatic rings. The number of rotatable bonds is 4. The summed E-state index contributed by atoms with van der Waals surface area (Å²) in [4.78, 5) is 17.5. The Kier molecular flexibility index (Phi) is 4.20. The molecule has 1 aliphatic rings. The van der Waals surface area contributed by atoms with Crippen LogP contribution < -0.4 is 0 Å². The van der Waals surface area contributed by atoms with E-state index in [1.54, 1.807) is 0 Å². The summed E-state index contributed by atoms with van der Waals surface area (Å²) in [5.41, 5.74) is 2.12. The number of carboxylic acids is 1. The summed E-state index contributed by atoms with van der Waals surface area (Å²) in [5.74, 6) is 0.251. The standard InChI is InChI=1S/C16H19N3O3/c1-11-2-4-12(5-3-11)15-17-14(22-18-15)10-19-8-6-13(7-9-19)16(20)21/h2-5,13H,6-10H2,1H3,(H,20,21). The lowest BCUT2D eigenvalue weighted by Crippen LogP contribution is -2.35. The van der Waals surface area contributed by atoms with E-state index in [2.05, 4.69) is 15.0 Å². The summed E-state index contributed by atoms with van der Waals surface area (Å²) in [6, 6.07) is 7.98. The molecule has 1 aromatic carbocycles. The molecule has 0 amide bonds. The van der Waals surface area contributed by atoms with Gasteiger partial charge in [-0.05, 0) is 32.9 Å². The Morgan fingerprint density at radius 1 is 1.32 bits per heavy atom. The number of hydrogen-bond donors (Lipinski definition) is 1. The van der Waals surface area contributed by atoms with Gasteiger partial charge in [0.15, 0.2) is 0 Å². The Morgan fingerprint density at radius 2 is 2.00 bits per heavy atom. The lowest BCUT2D eigenvalue weighted by molar-refractivity contribution is -0.143. The second-order valence-electron chi connectivity index (χ2n) is 5.77. The minimum Gasteiger partial charge on any atom is -0.481 e. The van der Waals surface area contributed by atoms with Crippen molar-refractivity contribution >= 4 is 5.97 Å². The van der Waals surface area contributed by atoms with Crippen LogP contribution in [0.2, 0.25) is 0 Å². The van der Waals surface area contributed by atoms with Crippen LogP contribution in [-0.2, 0) is 11.3 Å². The topological polar surface area (TPSA) is 79.5 Å². The molecule has 2 heterocycles. The Hall–Kier alpha value is -2.21. The predicted molar refractivity (Wildman–Crippen MR) is 80.1 cm³/mol. The van der Waals surface area contributed by atoms with Crippen LogP contribution in [0.15, 0.2) is 28.8 Å². The number of carbonyl (C=O) groups is 1. The fourth-order valence-electron chi connectivity index (χ4n) is 2.67. The number of aryl methyl sites for hydroxylation is 1. The Labute approximate surface area is 128 Å². The third-order valence-corrected chi connectivity index (χ3v) is 4.07. The maximum absolute atomic E-state index is 10.9. The monoisotopic (exact) mass is 301 g/mol. The number of benzene rings is 1. The van der Waals surface area contributed by atoms with Crippen LogP contribution in [0.25, 0.3) is 11.4 Å². The zero-order valence-corrected chi connectivity index (χ0v) is 12.5. The van der Waals surface area contributed by atoms with Crippen LogP contribution in [0.1, 0.15) is 24.3 Å². The van der Waals surface area contributed by atoms with Crippen LogP contribution in [0, 0.1) is 12.8 Å². The van der Waals surface area contributed by atoms with Gasteiger partial charge in [0.05, 0.1) is 12.5 Å². The van der Waals surface area contributed by atoms with Crippen LogP contribution >= 0.6 is 0 Å². The SMILES string of the molecule is Cc1ccc(-c2noc(CN3CCC(C(=O)O)CC3)n2)cc1. The molecule has 3 rings (SSSR count). The van der Waals surface area contributed by atoms with Gasteiger partial charge in [-0.3, -0.25) is 9.69 Å². The lowest BCUT2D eigenvalue weighted by atomic mass is 9.97. The quantitative estimate of drug-likeness (QED) is 0.933. The van der Waals surface area contributed by atoms with Gasteiger partial charge in [0.2, 0.25) is 11.7 Å². The van der Waals surface area contributed by atoms with E-state index in [0.29, 0.717) is 31.1 Å². The summed E-state index contributed by atoms with van der Waals surface area (Å²) < 4.78 is 5.31. The fraction of sp³-hybridized carbons (Fsp3) is 0.438. The number of aliphatic carboxylic acids is 1. The van der Waals surface area contributed by atoms with Crippen molar-refractivity contribution in [1.82, 2.24) is 15.0 Å². The maximum atomic E-state index is 10.9. The molecule has 0 bridgehead atoms. The number of piperidine rings is 1. The normalized spacial score (nSPS) is 16.8. The molecule has 0 atom stereocenters. The summed E-state index contributed by atoms with van der Waals surface area (Å²) >= 11 is 0. The molecule has 1 saturated heterocycles. The molecule has 6 nitrogen and oxygen atoms in total. The molecule has 6 heteroatoms. The van der Waals surface area contributed by atoms with Gasteiger partial charge in [-0.2, -0.15) is 4.98 Å². The Balaban J connectivity index is 1.60. The first-order chi connectivity index (χ1) is 10.6. The van der Waals surface area contributed by atoms with E-state index < -0.39 is 5.97 Å². The van der Waals surface area contributed by atoms with Crippen LogP contribution in [0.4, 0.5) is 0 Å². The van der Waals surface area contributed by atoms with Crippen molar-refractivity contribution < 1.29 is 14.4 Å². The maximum Gasteiger partial charge on any atom is 0.306 e. The first-order valence-electron chi connectivity index (χ1n) is 7.46. The molecule has 1 aliphatic heterocycles. The molecule has 0 radical (unpaired) electrons. The Morgan fingerprint density at radius 3 is 2.64 bits per heavy atom. The average Bonchev–Trinajstić information content (AvgIpc) is 2.97. The van der Waals surface area contributed by atoms with Crippen LogP contribution in [-0.4, -0.2) is 39.2 Å². The van der Waals surface area contributed by atoms with Crippen molar-refractivity contribution in [3.63, 3.8) is 0 Å². The van der Waals surface area contributed by atoms with Gasteiger partial charge in [0, 0.05) is 5.56 Å². The van der Waals surface area contributed by atoms with Crippen molar-refractivity contribution in [3.8, 4) is 11.4 Å². The smallest absolute Gasteiger partial charge is 0.306 e. The van der Waals surface area contributed by atoms with Gasteiger partial charge < -0.3 is 9.63 Å². The van der Waals surface area contributed by atoms with Crippen LogP contribution in [0.3, 0.4) is 0 Å². The summed E-state index contributed by atoms with van der Waals surface area (Å²) in [7, 11) is 0. The van der Waals surface area contributed by atoms with E-state index in [-0.39, 0.29) is 5.92 Å². The lowest BCUT2D eigenvalue weighted by Gasteiger charge is -2.28. The molecule has 116 valence electrons. The summed E-state index contributed by atoms with van der Waals surface area (Å²) in [5, 5.41) is 13.0. The first-order valence-corrected chi connectivity index (χ1v) is 7.46. The first kappa shape index (κ1) is 14.7.